The third kappa shape index (κ3) is 3.86. The van der Waals surface area contributed by atoms with Crippen LogP contribution in [-0.4, -0.2) is 24.2 Å². The Balaban J connectivity index is 2.03. The van der Waals surface area contributed by atoms with E-state index in [2.05, 4.69) is 35.1 Å². The summed E-state index contributed by atoms with van der Waals surface area (Å²) in [6, 6.07) is 5.91. The Bertz CT molecular complexity index is 512. The van der Waals surface area contributed by atoms with Gasteiger partial charge in [0.05, 0.1) is 5.60 Å². The fourth-order valence-corrected chi connectivity index (χ4v) is 3.20. The largest absolute Gasteiger partial charge is 0.375 e. The van der Waals surface area contributed by atoms with Crippen LogP contribution in [0.15, 0.2) is 22.7 Å². The minimum Gasteiger partial charge on any atom is -0.375 e. The molecule has 3 nitrogen and oxygen atoms in total. The molecule has 0 radical (unpaired) electrons. The van der Waals surface area contributed by atoms with E-state index < -0.39 is 0 Å². The van der Waals surface area contributed by atoms with Crippen LogP contribution >= 0.6 is 15.9 Å². The third-order valence-corrected chi connectivity index (χ3v) is 5.43. The molecule has 0 bridgehead atoms. The Morgan fingerprint density at radius 2 is 2.14 bits per heavy atom. The first-order valence-corrected chi connectivity index (χ1v) is 8.50. The van der Waals surface area contributed by atoms with Gasteiger partial charge in [-0.25, -0.2) is 0 Å². The molecule has 116 valence electrons. The lowest BCUT2D eigenvalue weighted by atomic mass is 9.86. The molecule has 1 amide bonds. The molecule has 1 saturated heterocycles. The maximum atomic E-state index is 12.4. The maximum absolute atomic E-state index is 12.4. The highest BCUT2D eigenvalue weighted by Crippen LogP contribution is 2.31. The third-order valence-electron chi connectivity index (χ3n) is 4.54. The molecular formula is C17H24BrNO2. The molecule has 0 aromatic heterocycles. The number of benzene rings is 1. The van der Waals surface area contributed by atoms with E-state index in [1.165, 1.54) is 0 Å². The minimum atomic E-state index is -0.0637. The molecule has 1 aliphatic heterocycles. The summed E-state index contributed by atoms with van der Waals surface area (Å²) in [7, 11) is 0. The van der Waals surface area contributed by atoms with Crippen molar-refractivity contribution in [2.24, 2.45) is 0 Å². The standard InChI is InChI=1S/C17H24BrNO2/c1-4-17(5-2)11-14(8-9-21-17)19-16(20)13-6-7-15(18)12(3)10-13/h6-7,10,14H,4-5,8-9,11H2,1-3H3,(H,19,20). The lowest BCUT2D eigenvalue weighted by Gasteiger charge is -2.40. The molecule has 1 aromatic carbocycles. The average Bonchev–Trinajstić information content (AvgIpc) is 2.50. The van der Waals surface area contributed by atoms with E-state index in [0.717, 1.165) is 47.9 Å². The predicted octanol–water partition coefficient (Wildman–Crippen LogP) is 4.23. The van der Waals surface area contributed by atoms with E-state index in [9.17, 15) is 4.79 Å². The summed E-state index contributed by atoms with van der Waals surface area (Å²) < 4.78 is 6.99. The fraction of sp³-hybridized carbons (Fsp3) is 0.588. The first-order chi connectivity index (χ1) is 9.99. The smallest absolute Gasteiger partial charge is 0.251 e. The minimum absolute atomic E-state index is 0.0126. The molecule has 0 aliphatic carbocycles. The number of carbonyl (C=O) groups is 1. The number of aryl methyl sites for hydroxylation is 1. The summed E-state index contributed by atoms with van der Waals surface area (Å²) >= 11 is 3.46. The zero-order chi connectivity index (χ0) is 15.5. The van der Waals surface area contributed by atoms with Gasteiger partial charge in [-0.05, 0) is 56.4 Å². The molecule has 1 aromatic rings. The lowest BCUT2D eigenvalue weighted by molar-refractivity contribution is -0.0917. The van der Waals surface area contributed by atoms with Gasteiger partial charge in [0, 0.05) is 22.7 Å². The van der Waals surface area contributed by atoms with Crippen LogP contribution in [0.3, 0.4) is 0 Å². The summed E-state index contributed by atoms with van der Waals surface area (Å²) in [5.41, 5.74) is 1.73. The number of carbonyl (C=O) groups excluding carboxylic acids is 1. The van der Waals surface area contributed by atoms with Gasteiger partial charge in [-0.2, -0.15) is 0 Å². The zero-order valence-electron chi connectivity index (χ0n) is 13.0. The summed E-state index contributed by atoms with van der Waals surface area (Å²) in [5.74, 6) is 0.0126. The highest BCUT2D eigenvalue weighted by atomic mass is 79.9. The van der Waals surface area contributed by atoms with Gasteiger partial charge >= 0.3 is 0 Å². The number of nitrogens with one attached hydrogen (secondary N) is 1. The first-order valence-electron chi connectivity index (χ1n) is 7.70. The normalized spacial score (nSPS) is 21.0. The van der Waals surface area contributed by atoms with Crippen LogP contribution in [0.25, 0.3) is 0 Å². The van der Waals surface area contributed by atoms with Gasteiger partial charge < -0.3 is 10.1 Å². The summed E-state index contributed by atoms with van der Waals surface area (Å²) in [4.78, 5) is 12.4. The van der Waals surface area contributed by atoms with Crippen molar-refractivity contribution in [2.45, 2.75) is 58.1 Å². The van der Waals surface area contributed by atoms with Gasteiger partial charge in [-0.15, -0.1) is 0 Å². The number of hydrogen-bond acceptors (Lipinski definition) is 2. The monoisotopic (exact) mass is 353 g/mol. The van der Waals surface area contributed by atoms with Crippen LogP contribution in [0.5, 0.6) is 0 Å². The predicted molar refractivity (Wildman–Crippen MR) is 88.6 cm³/mol. The molecule has 4 heteroatoms. The van der Waals surface area contributed by atoms with Crippen LogP contribution in [0.1, 0.15) is 55.5 Å². The fourth-order valence-electron chi connectivity index (χ4n) is 2.95. The Morgan fingerprint density at radius 3 is 2.76 bits per heavy atom. The maximum Gasteiger partial charge on any atom is 0.251 e. The Hall–Kier alpha value is -0.870. The molecule has 1 atom stereocenters. The van der Waals surface area contributed by atoms with E-state index >= 15 is 0 Å². The van der Waals surface area contributed by atoms with E-state index in [0.29, 0.717) is 0 Å². The molecule has 0 saturated carbocycles. The van der Waals surface area contributed by atoms with Crippen molar-refractivity contribution >= 4 is 21.8 Å². The van der Waals surface area contributed by atoms with E-state index in [1.54, 1.807) is 0 Å². The highest BCUT2D eigenvalue weighted by Gasteiger charge is 2.35. The molecule has 1 fully saturated rings. The molecule has 0 spiro atoms. The van der Waals surface area contributed by atoms with Gasteiger partial charge in [0.15, 0.2) is 0 Å². The molecular weight excluding hydrogens is 330 g/mol. The van der Waals surface area contributed by atoms with Gasteiger partial charge in [-0.3, -0.25) is 4.79 Å². The quantitative estimate of drug-likeness (QED) is 0.879. The number of rotatable bonds is 4. The van der Waals surface area contributed by atoms with Crippen LogP contribution < -0.4 is 5.32 Å². The number of hydrogen-bond donors (Lipinski definition) is 1. The van der Waals surface area contributed by atoms with E-state index in [4.69, 9.17) is 4.74 Å². The lowest BCUT2D eigenvalue weighted by Crippen LogP contribution is -2.48. The first kappa shape index (κ1) is 16.5. The van der Waals surface area contributed by atoms with Crippen LogP contribution in [0.4, 0.5) is 0 Å². The van der Waals surface area contributed by atoms with E-state index in [-0.39, 0.29) is 17.6 Å². The molecule has 2 rings (SSSR count). The number of amides is 1. The SMILES string of the molecule is CCC1(CC)CC(NC(=O)c2ccc(Br)c(C)c2)CCO1. The Labute approximate surface area is 135 Å². The second kappa shape index (κ2) is 6.93. The average molecular weight is 354 g/mol. The van der Waals surface area contributed by atoms with Gasteiger partial charge in [0.1, 0.15) is 0 Å². The van der Waals surface area contributed by atoms with Crippen molar-refractivity contribution in [3.8, 4) is 0 Å². The van der Waals surface area contributed by atoms with Gasteiger partial charge in [0.25, 0.3) is 5.91 Å². The van der Waals surface area contributed by atoms with Crippen LogP contribution in [0.2, 0.25) is 0 Å². The summed E-state index contributed by atoms with van der Waals surface area (Å²) in [5, 5.41) is 3.17. The second-order valence-corrected chi connectivity index (χ2v) is 6.72. The van der Waals surface area contributed by atoms with Crippen molar-refractivity contribution in [3.05, 3.63) is 33.8 Å². The zero-order valence-corrected chi connectivity index (χ0v) is 14.6. The van der Waals surface area contributed by atoms with Crippen molar-refractivity contribution in [2.75, 3.05) is 6.61 Å². The summed E-state index contributed by atoms with van der Waals surface area (Å²) in [6.45, 7) is 7.04. The van der Waals surface area contributed by atoms with Crippen molar-refractivity contribution < 1.29 is 9.53 Å². The van der Waals surface area contributed by atoms with E-state index in [1.807, 2.05) is 25.1 Å². The van der Waals surface area contributed by atoms with Crippen molar-refractivity contribution in [1.29, 1.82) is 0 Å². The molecule has 1 unspecified atom stereocenters. The second-order valence-electron chi connectivity index (χ2n) is 5.87. The summed E-state index contributed by atoms with van der Waals surface area (Å²) in [6.07, 6.45) is 3.78. The molecule has 1 aliphatic rings. The topological polar surface area (TPSA) is 38.3 Å². The van der Waals surface area contributed by atoms with Gasteiger partial charge in [-0.1, -0.05) is 29.8 Å². The van der Waals surface area contributed by atoms with Crippen molar-refractivity contribution in [1.82, 2.24) is 5.32 Å². The number of halogens is 1. The Morgan fingerprint density at radius 1 is 1.43 bits per heavy atom. The van der Waals surface area contributed by atoms with Crippen LogP contribution in [0, 0.1) is 6.92 Å². The molecule has 1 heterocycles. The van der Waals surface area contributed by atoms with Gasteiger partial charge in [0.2, 0.25) is 0 Å². The Kier molecular flexibility index (Phi) is 5.44. The number of ether oxygens (including phenoxy) is 1. The van der Waals surface area contributed by atoms with Crippen molar-refractivity contribution in [3.63, 3.8) is 0 Å². The molecule has 1 N–H and O–H groups in total. The highest BCUT2D eigenvalue weighted by molar-refractivity contribution is 9.10. The molecule has 21 heavy (non-hydrogen) atoms. The van der Waals surface area contributed by atoms with Crippen LogP contribution in [-0.2, 0) is 4.74 Å².